The molecule has 0 spiro atoms. The summed E-state index contributed by atoms with van der Waals surface area (Å²) in [5.74, 6) is -0.216. The smallest absolute Gasteiger partial charge is 0.319 e. The first-order chi connectivity index (χ1) is 12.2. The molecule has 0 N–H and O–H groups in total. The van der Waals surface area contributed by atoms with Crippen LogP contribution < -0.4 is 5.56 Å². The molecule has 3 heterocycles. The number of carbonyl (C=O) groups excluding carboxylic acids is 1. The molecule has 7 heteroatoms. The number of fused-ring (bicyclic) bond motifs is 3. The third-order valence-corrected chi connectivity index (χ3v) is 7.16. The van der Waals surface area contributed by atoms with E-state index in [1.54, 1.807) is 22.0 Å². The van der Waals surface area contributed by atoms with Gasteiger partial charge in [-0.15, -0.1) is 17.9 Å². The average Bonchev–Trinajstić information content (AvgIpc) is 3.07. The molecule has 0 unspecified atom stereocenters. The van der Waals surface area contributed by atoms with Crippen molar-refractivity contribution in [2.24, 2.45) is 0 Å². The predicted molar refractivity (Wildman–Crippen MR) is 101 cm³/mol. The molecular weight excluding hydrogens is 356 g/mol. The zero-order chi connectivity index (χ0) is 17.4. The largest absolute Gasteiger partial charge is 0.465 e. The highest BCUT2D eigenvalue weighted by molar-refractivity contribution is 8.00. The van der Waals surface area contributed by atoms with E-state index in [2.05, 4.69) is 6.58 Å². The zero-order valence-corrected chi connectivity index (χ0v) is 15.6. The van der Waals surface area contributed by atoms with E-state index in [0.29, 0.717) is 24.7 Å². The Kier molecular flexibility index (Phi) is 4.69. The summed E-state index contributed by atoms with van der Waals surface area (Å²) in [4.78, 5) is 31.9. The quantitative estimate of drug-likeness (QED) is 0.355. The third kappa shape index (κ3) is 3.04. The molecule has 1 atom stereocenters. The number of nitrogens with zero attached hydrogens (tertiary/aromatic N) is 2. The van der Waals surface area contributed by atoms with Gasteiger partial charge in [-0.1, -0.05) is 24.3 Å². The molecule has 2 aliphatic rings. The average molecular weight is 377 g/mol. The van der Waals surface area contributed by atoms with E-state index < -0.39 is 0 Å². The summed E-state index contributed by atoms with van der Waals surface area (Å²) in [5.41, 5.74) is 1.20. The number of aryl methyl sites for hydroxylation is 2. The van der Waals surface area contributed by atoms with Gasteiger partial charge in [-0.25, -0.2) is 4.98 Å². The summed E-state index contributed by atoms with van der Waals surface area (Å²) in [6, 6.07) is 0. The molecule has 5 nitrogen and oxygen atoms in total. The second-order valence-corrected chi connectivity index (χ2v) is 8.66. The summed E-state index contributed by atoms with van der Waals surface area (Å²) in [6.07, 6.45) is 7.88. The Labute approximate surface area is 154 Å². The molecule has 1 fully saturated rings. The molecule has 0 radical (unpaired) electrons. The van der Waals surface area contributed by atoms with Gasteiger partial charge in [0, 0.05) is 17.8 Å². The van der Waals surface area contributed by atoms with E-state index in [0.717, 1.165) is 29.5 Å². The van der Waals surface area contributed by atoms with Crippen LogP contribution >= 0.6 is 23.1 Å². The number of thioether (sulfide) groups is 1. The minimum atomic E-state index is -0.279. The van der Waals surface area contributed by atoms with E-state index in [9.17, 15) is 9.59 Å². The third-order valence-electron chi connectivity index (χ3n) is 4.74. The fourth-order valence-corrected chi connectivity index (χ4v) is 5.86. The van der Waals surface area contributed by atoms with Crippen molar-refractivity contribution < 1.29 is 9.53 Å². The number of ether oxygens (including phenoxy) is 1. The lowest BCUT2D eigenvalue weighted by atomic mass is 10.1. The van der Waals surface area contributed by atoms with Crippen molar-refractivity contribution in [3.8, 4) is 0 Å². The van der Waals surface area contributed by atoms with Crippen LogP contribution in [0.4, 0.5) is 0 Å². The van der Waals surface area contributed by atoms with Crippen LogP contribution in [0.1, 0.15) is 36.1 Å². The van der Waals surface area contributed by atoms with Gasteiger partial charge in [0.05, 0.1) is 12.0 Å². The summed E-state index contributed by atoms with van der Waals surface area (Å²) >= 11 is 2.99. The highest BCUT2D eigenvalue weighted by atomic mass is 32.2. The second-order valence-electron chi connectivity index (χ2n) is 6.41. The fraction of sp³-hybridized carbons (Fsp3) is 0.500. The minimum absolute atomic E-state index is 0.00170. The van der Waals surface area contributed by atoms with E-state index in [1.165, 1.54) is 35.0 Å². The Bertz CT molecular complexity index is 900. The van der Waals surface area contributed by atoms with Crippen LogP contribution in [0.25, 0.3) is 10.2 Å². The van der Waals surface area contributed by atoms with Gasteiger partial charge in [0.25, 0.3) is 5.56 Å². The summed E-state index contributed by atoms with van der Waals surface area (Å²) in [5, 5.41) is 1.10. The van der Waals surface area contributed by atoms with Crippen LogP contribution in [0.5, 0.6) is 0 Å². The molecule has 1 aliphatic heterocycles. The number of carbonyl (C=O) groups is 1. The van der Waals surface area contributed by atoms with Crippen molar-refractivity contribution >= 4 is 39.3 Å². The van der Waals surface area contributed by atoms with Gasteiger partial charge in [-0.05, 0) is 31.2 Å². The van der Waals surface area contributed by atoms with Crippen molar-refractivity contribution in [1.82, 2.24) is 9.55 Å². The minimum Gasteiger partial charge on any atom is -0.465 e. The van der Waals surface area contributed by atoms with Crippen molar-refractivity contribution in [2.45, 2.75) is 55.5 Å². The standard InChI is InChI=1S/C18H20N2O3S2/c1-2-9-20-16(21)14-11-6-4-3-5-7-12(11)24-15(14)19-18(20)25-13-8-10-23-17(13)22/h2,13H,1,3-10H2/t13-/m1/s1. The second kappa shape index (κ2) is 6.96. The molecular formula is C18H20N2O3S2. The number of esters is 1. The Morgan fingerprint density at radius 3 is 2.92 bits per heavy atom. The van der Waals surface area contributed by atoms with Gasteiger partial charge in [0.2, 0.25) is 0 Å². The highest BCUT2D eigenvalue weighted by Crippen LogP contribution is 2.35. The fourth-order valence-electron chi connectivity index (χ4n) is 3.49. The van der Waals surface area contributed by atoms with E-state index in [4.69, 9.17) is 9.72 Å². The van der Waals surface area contributed by atoms with Crippen molar-refractivity contribution in [2.75, 3.05) is 6.61 Å². The van der Waals surface area contributed by atoms with Crippen molar-refractivity contribution in [3.05, 3.63) is 33.4 Å². The van der Waals surface area contributed by atoms with E-state index in [1.807, 2.05) is 0 Å². The first kappa shape index (κ1) is 16.8. The molecule has 25 heavy (non-hydrogen) atoms. The molecule has 4 rings (SSSR count). The summed E-state index contributed by atoms with van der Waals surface area (Å²) in [6.45, 7) is 4.61. The molecule has 0 amide bonds. The zero-order valence-electron chi connectivity index (χ0n) is 14.0. The Morgan fingerprint density at radius 2 is 2.16 bits per heavy atom. The van der Waals surface area contributed by atoms with Crippen LogP contribution in [0.15, 0.2) is 22.6 Å². The maximum absolute atomic E-state index is 13.2. The van der Waals surface area contributed by atoms with Gasteiger partial charge in [-0.2, -0.15) is 0 Å². The van der Waals surface area contributed by atoms with Crippen molar-refractivity contribution in [3.63, 3.8) is 0 Å². The molecule has 2 aromatic heterocycles. The van der Waals surface area contributed by atoms with Crippen LogP contribution in [0.2, 0.25) is 0 Å². The van der Waals surface area contributed by atoms with Gasteiger partial charge < -0.3 is 4.74 Å². The maximum atomic E-state index is 13.2. The van der Waals surface area contributed by atoms with E-state index in [-0.39, 0.29) is 16.8 Å². The van der Waals surface area contributed by atoms with E-state index >= 15 is 0 Å². The Morgan fingerprint density at radius 1 is 1.32 bits per heavy atom. The van der Waals surface area contributed by atoms with Crippen LogP contribution in [0, 0.1) is 0 Å². The van der Waals surface area contributed by atoms with Gasteiger partial charge in [-0.3, -0.25) is 14.2 Å². The topological polar surface area (TPSA) is 61.2 Å². The van der Waals surface area contributed by atoms with Crippen molar-refractivity contribution in [1.29, 1.82) is 0 Å². The molecule has 132 valence electrons. The number of rotatable bonds is 4. The normalized spacial score (nSPS) is 20.3. The molecule has 0 saturated carbocycles. The molecule has 1 saturated heterocycles. The lowest BCUT2D eigenvalue weighted by Gasteiger charge is -2.12. The predicted octanol–water partition coefficient (Wildman–Crippen LogP) is 3.32. The molecule has 0 aromatic carbocycles. The lowest BCUT2D eigenvalue weighted by molar-refractivity contribution is -0.137. The number of aromatic nitrogens is 2. The number of thiophene rings is 1. The lowest BCUT2D eigenvalue weighted by Crippen LogP contribution is -2.24. The SMILES string of the molecule is C=CCn1c(S[C@@H]2CCOC2=O)nc2sc3c(c2c1=O)CCCCC3. The first-order valence-corrected chi connectivity index (χ1v) is 10.4. The van der Waals surface area contributed by atoms with Crippen LogP contribution in [0.3, 0.4) is 0 Å². The number of cyclic esters (lactones) is 1. The van der Waals surface area contributed by atoms with Gasteiger partial charge in [0.15, 0.2) is 5.16 Å². The monoisotopic (exact) mass is 376 g/mol. The van der Waals surface area contributed by atoms with Gasteiger partial charge >= 0.3 is 5.97 Å². The molecule has 1 aliphatic carbocycles. The highest BCUT2D eigenvalue weighted by Gasteiger charge is 2.30. The summed E-state index contributed by atoms with van der Waals surface area (Å²) < 4.78 is 6.70. The summed E-state index contributed by atoms with van der Waals surface area (Å²) in [7, 11) is 0. The Hall–Kier alpha value is -1.60. The Balaban J connectivity index is 1.85. The van der Waals surface area contributed by atoms with Crippen LogP contribution in [-0.2, 0) is 28.9 Å². The number of hydrogen-bond acceptors (Lipinski definition) is 6. The number of allylic oxidation sites excluding steroid dienone is 1. The molecule has 2 aromatic rings. The molecule has 0 bridgehead atoms. The first-order valence-electron chi connectivity index (χ1n) is 8.68. The number of hydrogen-bond donors (Lipinski definition) is 0. The van der Waals surface area contributed by atoms with Crippen LogP contribution in [-0.4, -0.2) is 27.4 Å². The maximum Gasteiger partial charge on any atom is 0.319 e. The van der Waals surface area contributed by atoms with Gasteiger partial charge in [0.1, 0.15) is 10.1 Å².